The standard InChI is InChI=1S/C13H26O2/c1-12(2,3)13(4,14)9-5-7-11-8-6-10-15-11/h11,14H,5-10H2,1-4H3. The number of aliphatic hydroxyl groups is 1. The Hall–Kier alpha value is -0.0800. The molecule has 90 valence electrons. The maximum absolute atomic E-state index is 10.3. The Morgan fingerprint density at radius 1 is 1.27 bits per heavy atom. The minimum absolute atomic E-state index is 0.0382. The van der Waals surface area contributed by atoms with Gasteiger partial charge in [0.25, 0.3) is 0 Å². The van der Waals surface area contributed by atoms with Crippen molar-refractivity contribution in [2.24, 2.45) is 5.41 Å². The predicted molar refractivity (Wildman–Crippen MR) is 62.9 cm³/mol. The Balaban J connectivity index is 2.23. The highest BCUT2D eigenvalue weighted by Crippen LogP contribution is 2.34. The fourth-order valence-corrected chi connectivity index (χ4v) is 1.92. The second-order valence-corrected chi connectivity index (χ2v) is 6.05. The molecule has 1 aliphatic heterocycles. The van der Waals surface area contributed by atoms with E-state index in [2.05, 4.69) is 20.8 Å². The molecule has 1 fully saturated rings. The summed E-state index contributed by atoms with van der Waals surface area (Å²) in [5.74, 6) is 0. The molecule has 1 rings (SSSR count). The first-order chi connectivity index (χ1) is 6.83. The summed E-state index contributed by atoms with van der Waals surface area (Å²) < 4.78 is 5.57. The van der Waals surface area contributed by atoms with E-state index in [0.717, 1.165) is 25.9 Å². The van der Waals surface area contributed by atoms with Crippen molar-refractivity contribution in [1.29, 1.82) is 0 Å². The van der Waals surface area contributed by atoms with Gasteiger partial charge in [-0.05, 0) is 44.4 Å². The van der Waals surface area contributed by atoms with Crippen LogP contribution in [-0.4, -0.2) is 23.4 Å². The summed E-state index contributed by atoms with van der Waals surface area (Å²) in [6.45, 7) is 9.17. The molecule has 0 aromatic carbocycles. The molecular formula is C13H26O2. The van der Waals surface area contributed by atoms with E-state index < -0.39 is 5.60 Å². The van der Waals surface area contributed by atoms with Gasteiger partial charge in [-0.15, -0.1) is 0 Å². The number of hydrogen-bond donors (Lipinski definition) is 1. The van der Waals surface area contributed by atoms with E-state index in [4.69, 9.17) is 4.74 Å². The molecule has 0 spiro atoms. The third kappa shape index (κ3) is 3.76. The molecule has 1 heterocycles. The van der Waals surface area contributed by atoms with E-state index in [1.54, 1.807) is 0 Å². The normalized spacial score (nSPS) is 26.6. The summed E-state index contributed by atoms with van der Waals surface area (Å²) in [5.41, 5.74) is -0.602. The molecule has 2 heteroatoms. The molecule has 2 nitrogen and oxygen atoms in total. The van der Waals surface area contributed by atoms with Gasteiger partial charge >= 0.3 is 0 Å². The fraction of sp³-hybridized carbons (Fsp3) is 1.00. The van der Waals surface area contributed by atoms with Crippen LogP contribution in [0.3, 0.4) is 0 Å². The first-order valence-corrected chi connectivity index (χ1v) is 6.17. The van der Waals surface area contributed by atoms with Crippen LogP contribution in [0.4, 0.5) is 0 Å². The zero-order valence-corrected chi connectivity index (χ0v) is 10.7. The third-order valence-electron chi connectivity index (χ3n) is 3.83. The highest BCUT2D eigenvalue weighted by Gasteiger charge is 2.34. The van der Waals surface area contributed by atoms with Crippen LogP contribution < -0.4 is 0 Å². The van der Waals surface area contributed by atoms with Crippen molar-refractivity contribution in [3.63, 3.8) is 0 Å². The minimum atomic E-state index is -0.564. The van der Waals surface area contributed by atoms with Gasteiger partial charge in [0, 0.05) is 6.61 Å². The van der Waals surface area contributed by atoms with Crippen LogP contribution in [-0.2, 0) is 4.74 Å². The van der Waals surface area contributed by atoms with Gasteiger partial charge in [-0.1, -0.05) is 20.8 Å². The highest BCUT2D eigenvalue weighted by atomic mass is 16.5. The van der Waals surface area contributed by atoms with Gasteiger partial charge in [-0.2, -0.15) is 0 Å². The fourth-order valence-electron chi connectivity index (χ4n) is 1.92. The SMILES string of the molecule is CC(C)(C)C(C)(O)CCCC1CCCO1. The van der Waals surface area contributed by atoms with E-state index in [9.17, 15) is 5.11 Å². The topological polar surface area (TPSA) is 29.5 Å². The summed E-state index contributed by atoms with van der Waals surface area (Å²) in [5, 5.41) is 10.3. The molecule has 15 heavy (non-hydrogen) atoms. The van der Waals surface area contributed by atoms with Crippen LogP contribution in [0, 0.1) is 5.41 Å². The maximum Gasteiger partial charge on any atom is 0.0667 e. The summed E-state index contributed by atoms with van der Waals surface area (Å²) in [6, 6.07) is 0. The van der Waals surface area contributed by atoms with E-state index in [1.807, 2.05) is 6.92 Å². The van der Waals surface area contributed by atoms with Crippen LogP contribution in [0.2, 0.25) is 0 Å². The summed E-state index contributed by atoms with van der Waals surface area (Å²) >= 11 is 0. The molecule has 1 saturated heterocycles. The van der Waals surface area contributed by atoms with Crippen LogP contribution in [0.15, 0.2) is 0 Å². The van der Waals surface area contributed by atoms with Gasteiger partial charge < -0.3 is 9.84 Å². The Morgan fingerprint density at radius 2 is 1.93 bits per heavy atom. The molecule has 2 unspecified atom stereocenters. The van der Waals surface area contributed by atoms with Crippen molar-refractivity contribution in [3.05, 3.63) is 0 Å². The average Bonchev–Trinajstić information content (AvgIpc) is 2.54. The maximum atomic E-state index is 10.3. The molecule has 0 bridgehead atoms. The van der Waals surface area contributed by atoms with Crippen LogP contribution in [0.5, 0.6) is 0 Å². The molecule has 0 aromatic heterocycles. The number of ether oxygens (including phenoxy) is 1. The molecule has 1 aliphatic rings. The second kappa shape index (κ2) is 4.84. The predicted octanol–water partition coefficient (Wildman–Crippen LogP) is 3.13. The molecule has 0 saturated carbocycles. The Morgan fingerprint density at radius 3 is 2.40 bits per heavy atom. The lowest BCUT2D eigenvalue weighted by Crippen LogP contribution is -2.39. The van der Waals surface area contributed by atoms with Crippen molar-refractivity contribution < 1.29 is 9.84 Å². The van der Waals surface area contributed by atoms with Gasteiger partial charge in [0.05, 0.1) is 11.7 Å². The molecule has 0 radical (unpaired) electrons. The van der Waals surface area contributed by atoms with Crippen molar-refractivity contribution in [1.82, 2.24) is 0 Å². The quantitative estimate of drug-likeness (QED) is 0.779. The summed E-state index contributed by atoms with van der Waals surface area (Å²) in [7, 11) is 0. The molecular weight excluding hydrogens is 188 g/mol. The molecule has 2 atom stereocenters. The van der Waals surface area contributed by atoms with Gasteiger partial charge in [-0.3, -0.25) is 0 Å². The third-order valence-corrected chi connectivity index (χ3v) is 3.83. The van der Waals surface area contributed by atoms with E-state index in [-0.39, 0.29) is 5.41 Å². The highest BCUT2D eigenvalue weighted by molar-refractivity contribution is 4.86. The Kier molecular flexibility index (Phi) is 4.19. The number of hydrogen-bond acceptors (Lipinski definition) is 2. The summed E-state index contributed by atoms with van der Waals surface area (Å²) in [4.78, 5) is 0. The van der Waals surface area contributed by atoms with Gasteiger partial charge in [-0.25, -0.2) is 0 Å². The van der Waals surface area contributed by atoms with E-state index >= 15 is 0 Å². The smallest absolute Gasteiger partial charge is 0.0667 e. The molecule has 0 amide bonds. The van der Waals surface area contributed by atoms with E-state index in [1.165, 1.54) is 12.8 Å². The Labute approximate surface area is 94.0 Å². The lowest BCUT2D eigenvalue weighted by molar-refractivity contribution is -0.0516. The lowest BCUT2D eigenvalue weighted by Gasteiger charge is -2.37. The average molecular weight is 214 g/mol. The van der Waals surface area contributed by atoms with Crippen molar-refractivity contribution in [2.75, 3.05) is 6.61 Å². The van der Waals surface area contributed by atoms with Gasteiger partial charge in [0.2, 0.25) is 0 Å². The van der Waals surface area contributed by atoms with Gasteiger partial charge in [0.15, 0.2) is 0 Å². The molecule has 0 aliphatic carbocycles. The first kappa shape index (κ1) is 13.0. The number of rotatable bonds is 4. The molecule has 0 aromatic rings. The zero-order chi connectivity index (χ0) is 11.5. The lowest BCUT2D eigenvalue weighted by atomic mass is 9.75. The zero-order valence-electron chi connectivity index (χ0n) is 10.7. The van der Waals surface area contributed by atoms with Crippen molar-refractivity contribution in [2.45, 2.75) is 71.5 Å². The monoisotopic (exact) mass is 214 g/mol. The Bertz CT molecular complexity index is 185. The van der Waals surface area contributed by atoms with Crippen LogP contribution in [0.1, 0.15) is 59.8 Å². The first-order valence-electron chi connectivity index (χ1n) is 6.17. The van der Waals surface area contributed by atoms with E-state index in [0.29, 0.717) is 6.10 Å². The second-order valence-electron chi connectivity index (χ2n) is 6.05. The van der Waals surface area contributed by atoms with Crippen molar-refractivity contribution in [3.8, 4) is 0 Å². The van der Waals surface area contributed by atoms with Crippen molar-refractivity contribution >= 4 is 0 Å². The summed E-state index contributed by atoms with van der Waals surface area (Å²) in [6.07, 6.45) is 5.91. The minimum Gasteiger partial charge on any atom is -0.390 e. The molecule has 1 N–H and O–H groups in total. The van der Waals surface area contributed by atoms with Gasteiger partial charge in [0.1, 0.15) is 0 Å². The van der Waals surface area contributed by atoms with Crippen LogP contribution >= 0.6 is 0 Å². The van der Waals surface area contributed by atoms with Crippen LogP contribution in [0.25, 0.3) is 0 Å². The largest absolute Gasteiger partial charge is 0.390 e.